The molecule has 0 fully saturated rings. The summed E-state index contributed by atoms with van der Waals surface area (Å²) in [6, 6.07) is 1.65. The average molecular weight is 328 g/mol. The lowest BCUT2D eigenvalue weighted by molar-refractivity contribution is 0.0953. The molecular formula is C11H14BrN5O2. The molecule has 19 heavy (non-hydrogen) atoms. The standard InChI is InChI=1S/C11H14BrN5O2/c12-8-5-7(11(19)14-3-1-2-4-18)9-10(13)15-6-16-17(8)9/h5-6,18H,1-4H2,(H,14,19)(H2,13,15,16). The lowest BCUT2D eigenvalue weighted by Gasteiger charge is -2.04. The van der Waals surface area contributed by atoms with Crippen molar-refractivity contribution in [2.75, 3.05) is 18.9 Å². The number of amides is 1. The van der Waals surface area contributed by atoms with Crippen LogP contribution in [0.1, 0.15) is 23.2 Å². The highest BCUT2D eigenvalue weighted by Gasteiger charge is 2.17. The predicted molar refractivity (Wildman–Crippen MR) is 73.8 cm³/mol. The number of nitrogens with zero attached hydrogens (tertiary/aromatic N) is 3. The van der Waals surface area contributed by atoms with Gasteiger partial charge in [-0.3, -0.25) is 4.79 Å². The lowest BCUT2D eigenvalue weighted by Crippen LogP contribution is -2.24. The largest absolute Gasteiger partial charge is 0.396 e. The van der Waals surface area contributed by atoms with Gasteiger partial charge in [0, 0.05) is 13.2 Å². The normalized spacial score (nSPS) is 10.8. The van der Waals surface area contributed by atoms with E-state index in [4.69, 9.17) is 10.8 Å². The van der Waals surface area contributed by atoms with E-state index in [-0.39, 0.29) is 18.3 Å². The second-order valence-corrected chi connectivity index (χ2v) is 4.79. The number of nitrogens with one attached hydrogen (secondary N) is 1. The van der Waals surface area contributed by atoms with Crippen molar-refractivity contribution in [2.45, 2.75) is 12.8 Å². The molecule has 102 valence electrons. The van der Waals surface area contributed by atoms with E-state index < -0.39 is 0 Å². The van der Waals surface area contributed by atoms with Gasteiger partial charge in [-0.1, -0.05) is 0 Å². The number of carbonyl (C=O) groups is 1. The molecule has 2 rings (SSSR count). The van der Waals surface area contributed by atoms with Gasteiger partial charge in [0.2, 0.25) is 0 Å². The van der Waals surface area contributed by atoms with Crippen LogP contribution in [0.5, 0.6) is 0 Å². The molecule has 4 N–H and O–H groups in total. The Kier molecular flexibility index (Phi) is 4.33. The van der Waals surface area contributed by atoms with E-state index in [9.17, 15) is 4.79 Å². The molecule has 0 aliphatic heterocycles. The smallest absolute Gasteiger partial charge is 0.253 e. The number of nitrogens with two attached hydrogens (primary N) is 1. The Labute approximate surface area is 117 Å². The fraction of sp³-hybridized carbons (Fsp3) is 0.364. The third-order valence-electron chi connectivity index (χ3n) is 2.65. The predicted octanol–water partition coefficient (Wildman–Crippen LogP) is 0.576. The first-order valence-corrected chi connectivity index (χ1v) is 6.61. The summed E-state index contributed by atoms with van der Waals surface area (Å²) in [5.74, 6) is 0.0175. The Balaban J connectivity index is 2.22. The van der Waals surface area contributed by atoms with Crippen molar-refractivity contribution in [3.63, 3.8) is 0 Å². The molecule has 0 spiro atoms. The van der Waals surface area contributed by atoms with Crippen LogP contribution in [0, 0.1) is 0 Å². The highest BCUT2D eigenvalue weighted by Crippen LogP contribution is 2.23. The zero-order valence-electron chi connectivity index (χ0n) is 10.1. The van der Waals surface area contributed by atoms with Crippen molar-refractivity contribution in [1.29, 1.82) is 0 Å². The number of aliphatic hydroxyl groups is 1. The van der Waals surface area contributed by atoms with Gasteiger partial charge in [-0.05, 0) is 34.8 Å². The SMILES string of the molecule is Nc1ncnn2c(Br)cc(C(=O)NCCCCO)c12. The van der Waals surface area contributed by atoms with Crippen LogP contribution in [0.4, 0.5) is 5.82 Å². The summed E-state index contributed by atoms with van der Waals surface area (Å²) in [7, 11) is 0. The van der Waals surface area contributed by atoms with Crippen LogP contribution in [0.3, 0.4) is 0 Å². The summed E-state index contributed by atoms with van der Waals surface area (Å²) in [6.07, 6.45) is 2.71. The van der Waals surface area contributed by atoms with Gasteiger partial charge in [0.25, 0.3) is 5.91 Å². The van der Waals surface area contributed by atoms with Gasteiger partial charge in [-0.15, -0.1) is 0 Å². The van der Waals surface area contributed by atoms with Crippen molar-refractivity contribution < 1.29 is 9.90 Å². The second-order valence-electron chi connectivity index (χ2n) is 3.97. The number of anilines is 1. The number of aliphatic hydroxyl groups excluding tert-OH is 1. The van der Waals surface area contributed by atoms with Gasteiger partial charge in [0.15, 0.2) is 5.82 Å². The van der Waals surface area contributed by atoms with Crippen molar-refractivity contribution in [2.24, 2.45) is 0 Å². The van der Waals surface area contributed by atoms with Crippen LogP contribution >= 0.6 is 15.9 Å². The van der Waals surface area contributed by atoms with Crippen molar-refractivity contribution in [3.05, 3.63) is 22.6 Å². The Hall–Kier alpha value is -1.67. The Morgan fingerprint density at radius 1 is 1.53 bits per heavy atom. The van der Waals surface area contributed by atoms with Gasteiger partial charge >= 0.3 is 0 Å². The molecule has 0 aliphatic rings. The molecule has 0 aromatic carbocycles. The number of aromatic nitrogens is 3. The second kappa shape index (κ2) is 5.98. The summed E-state index contributed by atoms with van der Waals surface area (Å²) in [6.45, 7) is 0.624. The van der Waals surface area contributed by atoms with Crippen LogP contribution in [0.2, 0.25) is 0 Å². The average Bonchev–Trinajstić information content (AvgIpc) is 2.74. The number of carbonyl (C=O) groups excluding carboxylic acids is 1. The molecular weight excluding hydrogens is 314 g/mol. The molecule has 0 radical (unpaired) electrons. The first-order valence-electron chi connectivity index (χ1n) is 5.82. The Bertz CT molecular complexity index is 598. The van der Waals surface area contributed by atoms with E-state index in [0.29, 0.717) is 28.6 Å². The van der Waals surface area contributed by atoms with Crippen LogP contribution in [-0.4, -0.2) is 38.8 Å². The minimum Gasteiger partial charge on any atom is -0.396 e. The third kappa shape index (κ3) is 2.85. The molecule has 0 bridgehead atoms. The van der Waals surface area contributed by atoms with Crippen molar-refractivity contribution in [1.82, 2.24) is 19.9 Å². The summed E-state index contributed by atoms with van der Waals surface area (Å²) >= 11 is 3.32. The lowest BCUT2D eigenvalue weighted by atomic mass is 10.2. The molecule has 8 heteroatoms. The molecule has 0 unspecified atom stereocenters. The molecule has 7 nitrogen and oxygen atoms in total. The fourth-order valence-corrected chi connectivity index (χ4v) is 2.23. The molecule has 2 aromatic rings. The summed E-state index contributed by atoms with van der Waals surface area (Å²) in [5, 5.41) is 15.5. The maximum atomic E-state index is 12.1. The number of hydrogen-bond donors (Lipinski definition) is 3. The van der Waals surface area contributed by atoms with Gasteiger partial charge in [-0.2, -0.15) is 5.10 Å². The van der Waals surface area contributed by atoms with E-state index >= 15 is 0 Å². The number of hydrogen-bond acceptors (Lipinski definition) is 5. The van der Waals surface area contributed by atoms with E-state index in [1.807, 2.05) is 0 Å². The number of fused-ring (bicyclic) bond motifs is 1. The quantitative estimate of drug-likeness (QED) is 0.696. The van der Waals surface area contributed by atoms with E-state index in [1.165, 1.54) is 10.8 Å². The minimum absolute atomic E-state index is 0.122. The zero-order chi connectivity index (χ0) is 13.8. The van der Waals surface area contributed by atoms with Crippen molar-refractivity contribution >= 4 is 33.2 Å². The first-order chi connectivity index (χ1) is 9.15. The van der Waals surface area contributed by atoms with Gasteiger partial charge < -0.3 is 16.2 Å². The highest BCUT2D eigenvalue weighted by molar-refractivity contribution is 9.10. The molecule has 0 saturated carbocycles. The first kappa shape index (κ1) is 13.8. The Morgan fingerprint density at radius 3 is 3.05 bits per heavy atom. The molecule has 2 aromatic heterocycles. The number of unbranched alkanes of at least 4 members (excludes halogenated alkanes) is 1. The molecule has 2 heterocycles. The number of rotatable bonds is 5. The topological polar surface area (TPSA) is 106 Å². The van der Waals surface area contributed by atoms with Crippen LogP contribution < -0.4 is 11.1 Å². The zero-order valence-corrected chi connectivity index (χ0v) is 11.7. The maximum Gasteiger partial charge on any atom is 0.253 e. The highest BCUT2D eigenvalue weighted by atomic mass is 79.9. The fourth-order valence-electron chi connectivity index (χ4n) is 1.74. The minimum atomic E-state index is -0.234. The molecule has 0 atom stereocenters. The molecule has 1 amide bonds. The molecule has 0 aliphatic carbocycles. The summed E-state index contributed by atoms with van der Waals surface area (Å²) in [4.78, 5) is 16.0. The van der Waals surface area contributed by atoms with Gasteiger partial charge in [0.05, 0.1) is 5.56 Å². The van der Waals surface area contributed by atoms with E-state index in [1.54, 1.807) is 6.07 Å². The number of halogens is 1. The summed E-state index contributed by atoms with van der Waals surface area (Å²) in [5.41, 5.74) is 6.68. The monoisotopic (exact) mass is 327 g/mol. The van der Waals surface area contributed by atoms with E-state index in [0.717, 1.165) is 6.42 Å². The van der Waals surface area contributed by atoms with Crippen molar-refractivity contribution in [3.8, 4) is 0 Å². The summed E-state index contributed by atoms with van der Waals surface area (Å²) < 4.78 is 2.16. The number of nitrogen functional groups attached to an aromatic ring is 1. The van der Waals surface area contributed by atoms with Gasteiger partial charge in [-0.25, -0.2) is 9.50 Å². The Morgan fingerprint density at radius 2 is 2.32 bits per heavy atom. The van der Waals surface area contributed by atoms with Crippen LogP contribution in [0.15, 0.2) is 17.0 Å². The maximum absolute atomic E-state index is 12.1. The third-order valence-corrected chi connectivity index (χ3v) is 3.22. The van der Waals surface area contributed by atoms with Crippen LogP contribution in [0.25, 0.3) is 5.52 Å². The van der Waals surface area contributed by atoms with E-state index in [2.05, 4.69) is 31.3 Å². The van der Waals surface area contributed by atoms with Crippen LogP contribution in [-0.2, 0) is 0 Å². The molecule has 0 saturated heterocycles. The van der Waals surface area contributed by atoms with Gasteiger partial charge in [0.1, 0.15) is 16.4 Å².